The molecule has 0 atom stereocenters. The zero-order valence-electron chi connectivity index (χ0n) is 13.6. The fourth-order valence-electron chi connectivity index (χ4n) is 2.53. The van der Waals surface area contributed by atoms with Gasteiger partial charge in [-0.2, -0.15) is 0 Å². The molecule has 1 aromatic heterocycles. The van der Waals surface area contributed by atoms with Crippen molar-refractivity contribution >= 4 is 9.84 Å². The maximum Gasteiger partial charge on any atom is 0.240 e. The second-order valence-electron chi connectivity index (χ2n) is 5.63. The molecule has 4 nitrogen and oxygen atoms in total. The molecule has 0 saturated carbocycles. The van der Waals surface area contributed by atoms with Crippen molar-refractivity contribution in [1.29, 1.82) is 0 Å². The van der Waals surface area contributed by atoms with Crippen LogP contribution >= 0.6 is 0 Å². The predicted octanol–water partition coefficient (Wildman–Crippen LogP) is 3.81. The molecule has 1 N–H and O–H groups in total. The van der Waals surface area contributed by atoms with Gasteiger partial charge in [-0.25, -0.2) is 8.42 Å². The van der Waals surface area contributed by atoms with Crippen molar-refractivity contribution < 1.29 is 12.8 Å². The van der Waals surface area contributed by atoms with Gasteiger partial charge in [-0.05, 0) is 37.7 Å². The largest absolute Gasteiger partial charge is 0.447 e. The second kappa shape index (κ2) is 6.63. The Morgan fingerprint density at radius 2 is 1.67 bits per heavy atom. The van der Waals surface area contributed by atoms with Crippen LogP contribution in [0, 0.1) is 6.92 Å². The van der Waals surface area contributed by atoms with Crippen LogP contribution in [0.1, 0.15) is 11.3 Å². The average Bonchev–Trinajstić information content (AvgIpc) is 3.01. The fourth-order valence-corrected chi connectivity index (χ4v) is 3.92. The van der Waals surface area contributed by atoms with Crippen LogP contribution in [0.25, 0.3) is 11.1 Å². The molecule has 0 aliphatic carbocycles. The third-order valence-electron chi connectivity index (χ3n) is 3.76. The van der Waals surface area contributed by atoms with Crippen LogP contribution in [0.2, 0.25) is 0 Å². The van der Waals surface area contributed by atoms with Crippen LogP contribution in [0.5, 0.6) is 0 Å². The molecule has 124 valence electrons. The Hall–Kier alpha value is -2.37. The summed E-state index contributed by atoms with van der Waals surface area (Å²) in [6.07, 6.45) is 0. The van der Waals surface area contributed by atoms with E-state index in [0.29, 0.717) is 17.9 Å². The smallest absolute Gasteiger partial charge is 0.240 e. The maximum absolute atomic E-state index is 13.0. The average molecular weight is 341 g/mol. The molecule has 3 aromatic rings. The SMILES string of the molecule is CNCc1cc(-c2ccccc2)c(S(=O)(=O)c2ccc(C)cc2)o1. The summed E-state index contributed by atoms with van der Waals surface area (Å²) in [5.74, 6) is 0.585. The highest BCUT2D eigenvalue weighted by atomic mass is 32.2. The number of hydrogen-bond acceptors (Lipinski definition) is 4. The van der Waals surface area contributed by atoms with E-state index in [0.717, 1.165) is 11.1 Å². The highest BCUT2D eigenvalue weighted by Crippen LogP contribution is 2.34. The lowest BCUT2D eigenvalue weighted by Crippen LogP contribution is -2.04. The summed E-state index contributed by atoms with van der Waals surface area (Å²) in [6, 6.07) is 18.0. The maximum atomic E-state index is 13.0. The summed E-state index contributed by atoms with van der Waals surface area (Å²) in [4.78, 5) is 0.232. The molecule has 1 heterocycles. The highest BCUT2D eigenvalue weighted by Gasteiger charge is 2.27. The summed E-state index contributed by atoms with van der Waals surface area (Å²) < 4.78 is 31.8. The van der Waals surface area contributed by atoms with Gasteiger partial charge >= 0.3 is 0 Å². The Kier molecular flexibility index (Phi) is 4.55. The molecule has 0 amide bonds. The van der Waals surface area contributed by atoms with Crippen LogP contribution in [-0.4, -0.2) is 15.5 Å². The minimum absolute atomic E-state index is 0.0113. The monoisotopic (exact) mass is 341 g/mol. The Bertz CT molecular complexity index is 927. The zero-order chi connectivity index (χ0) is 17.2. The van der Waals surface area contributed by atoms with Crippen LogP contribution in [-0.2, 0) is 16.4 Å². The summed E-state index contributed by atoms with van der Waals surface area (Å²) in [6.45, 7) is 2.38. The lowest BCUT2D eigenvalue weighted by atomic mass is 10.1. The van der Waals surface area contributed by atoms with Gasteiger partial charge in [0, 0.05) is 5.56 Å². The second-order valence-corrected chi connectivity index (χ2v) is 7.48. The van der Waals surface area contributed by atoms with Gasteiger partial charge in [0.1, 0.15) is 5.76 Å². The van der Waals surface area contributed by atoms with Crippen LogP contribution < -0.4 is 5.32 Å². The van der Waals surface area contributed by atoms with Crippen LogP contribution in [0.3, 0.4) is 0 Å². The molecule has 0 bridgehead atoms. The lowest BCUT2D eigenvalue weighted by molar-refractivity contribution is 0.408. The number of furan rings is 1. The van der Waals surface area contributed by atoms with E-state index in [1.165, 1.54) is 0 Å². The van der Waals surface area contributed by atoms with E-state index < -0.39 is 9.84 Å². The van der Waals surface area contributed by atoms with E-state index in [-0.39, 0.29) is 9.99 Å². The van der Waals surface area contributed by atoms with Crippen LogP contribution in [0.15, 0.2) is 75.1 Å². The van der Waals surface area contributed by atoms with E-state index in [2.05, 4.69) is 5.32 Å². The van der Waals surface area contributed by atoms with Crippen molar-refractivity contribution in [1.82, 2.24) is 5.32 Å². The Morgan fingerprint density at radius 1 is 1.00 bits per heavy atom. The summed E-state index contributed by atoms with van der Waals surface area (Å²) in [7, 11) is -1.94. The molecule has 0 radical (unpaired) electrons. The minimum Gasteiger partial charge on any atom is -0.447 e. The van der Waals surface area contributed by atoms with Gasteiger partial charge in [-0.1, -0.05) is 48.0 Å². The number of aryl methyl sites for hydroxylation is 1. The molecule has 0 saturated heterocycles. The van der Waals surface area contributed by atoms with Gasteiger partial charge in [-0.15, -0.1) is 0 Å². The van der Waals surface area contributed by atoms with E-state index in [1.807, 2.05) is 37.3 Å². The fraction of sp³-hybridized carbons (Fsp3) is 0.158. The Morgan fingerprint density at radius 3 is 2.29 bits per heavy atom. The molecule has 0 aliphatic rings. The van der Waals surface area contributed by atoms with Gasteiger partial charge in [0.25, 0.3) is 0 Å². The number of benzene rings is 2. The van der Waals surface area contributed by atoms with E-state index in [9.17, 15) is 8.42 Å². The number of rotatable bonds is 5. The zero-order valence-corrected chi connectivity index (χ0v) is 14.4. The molecular weight excluding hydrogens is 322 g/mol. The molecule has 24 heavy (non-hydrogen) atoms. The Balaban J connectivity index is 2.17. The summed E-state index contributed by atoms with van der Waals surface area (Å²) in [5.41, 5.74) is 2.41. The summed E-state index contributed by atoms with van der Waals surface area (Å²) in [5, 5.41) is 2.97. The van der Waals surface area contributed by atoms with Gasteiger partial charge in [0.05, 0.1) is 11.4 Å². The normalized spacial score (nSPS) is 11.6. The summed E-state index contributed by atoms with van der Waals surface area (Å²) >= 11 is 0. The van der Waals surface area contributed by atoms with Crippen molar-refractivity contribution in [2.75, 3.05) is 7.05 Å². The molecular formula is C19H19NO3S. The first-order valence-corrected chi connectivity index (χ1v) is 9.15. The quantitative estimate of drug-likeness (QED) is 0.767. The molecule has 5 heteroatoms. The van der Waals surface area contributed by atoms with E-state index >= 15 is 0 Å². The predicted molar refractivity (Wildman–Crippen MR) is 93.5 cm³/mol. The van der Waals surface area contributed by atoms with Gasteiger partial charge < -0.3 is 9.73 Å². The van der Waals surface area contributed by atoms with Crippen LogP contribution in [0.4, 0.5) is 0 Å². The molecule has 0 unspecified atom stereocenters. The third kappa shape index (κ3) is 3.13. The number of sulfone groups is 1. The van der Waals surface area contributed by atoms with Crippen molar-refractivity contribution in [3.8, 4) is 11.1 Å². The van der Waals surface area contributed by atoms with Crippen molar-refractivity contribution in [2.45, 2.75) is 23.5 Å². The molecule has 2 aromatic carbocycles. The molecule has 0 fully saturated rings. The van der Waals surface area contributed by atoms with Gasteiger partial charge in [0.2, 0.25) is 14.9 Å². The minimum atomic E-state index is -3.73. The van der Waals surface area contributed by atoms with E-state index in [4.69, 9.17) is 4.42 Å². The first-order chi connectivity index (χ1) is 11.5. The number of nitrogens with one attached hydrogen (secondary N) is 1. The standard InChI is InChI=1S/C19H19NO3S/c1-14-8-10-17(11-9-14)24(21,22)19-18(12-16(23-19)13-20-2)15-6-4-3-5-7-15/h3-12,20H,13H2,1-2H3. The highest BCUT2D eigenvalue weighted by molar-refractivity contribution is 7.91. The first-order valence-electron chi connectivity index (χ1n) is 7.67. The van der Waals surface area contributed by atoms with Crippen molar-refractivity contribution in [3.05, 3.63) is 72.0 Å². The lowest BCUT2D eigenvalue weighted by Gasteiger charge is -2.05. The first kappa shape index (κ1) is 16.5. The van der Waals surface area contributed by atoms with Crippen molar-refractivity contribution in [3.63, 3.8) is 0 Å². The van der Waals surface area contributed by atoms with Gasteiger partial charge in [0.15, 0.2) is 0 Å². The molecule has 3 rings (SSSR count). The van der Waals surface area contributed by atoms with E-state index in [1.54, 1.807) is 37.4 Å². The third-order valence-corrected chi connectivity index (χ3v) is 5.44. The van der Waals surface area contributed by atoms with Gasteiger partial charge in [-0.3, -0.25) is 0 Å². The Labute approximate surface area is 142 Å². The molecule has 0 spiro atoms. The molecule has 0 aliphatic heterocycles. The van der Waals surface area contributed by atoms with Crippen molar-refractivity contribution in [2.24, 2.45) is 0 Å². The number of hydrogen-bond donors (Lipinski definition) is 1. The topological polar surface area (TPSA) is 59.3 Å².